The van der Waals surface area contributed by atoms with Gasteiger partial charge in [0.2, 0.25) is 0 Å². The van der Waals surface area contributed by atoms with Crippen molar-refractivity contribution in [1.29, 1.82) is 0 Å². The van der Waals surface area contributed by atoms with Crippen LogP contribution in [0.5, 0.6) is 0 Å². The fourth-order valence-corrected chi connectivity index (χ4v) is 2.52. The zero-order valence-corrected chi connectivity index (χ0v) is 12.0. The first kappa shape index (κ1) is 14.0. The third-order valence-corrected chi connectivity index (χ3v) is 3.78. The maximum atomic E-state index is 9.57. The van der Waals surface area contributed by atoms with E-state index in [-0.39, 0.29) is 6.10 Å². The molecule has 21 heavy (non-hydrogen) atoms. The molecule has 1 aliphatic rings. The van der Waals surface area contributed by atoms with Gasteiger partial charge in [0.15, 0.2) is 0 Å². The minimum atomic E-state index is -0.554. The lowest BCUT2D eigenvalue weighted by atomic mass is 10.1. The monoisotopic (exact) mass is 285 g/mol. The number of hydrogen-bond acceptors (Lipinski definition) is 5. The number of anilines is 1. The fraction of sp³-hybridized carbons (Fsp3) is 0.375. The highest BCUT2D eigenvalue weighted by molar-refractivity contribution is 5.63. The lowest BCUT2D eigenvalue weighted by Gasteiger charge is -2.16. The van der Waals surface area contributed by atoms with Crippen molar-refractivity contribution in [3.63, 3.8) is 0 Å². The summed E-state index contributed by atoms with van der Waals surface area (Å²) in [7, 11) is 0. The van der Waals surface area contributed by atoms with E-state index in [1.165, 1.54) is 0 Å². The van der Waals surface area contributed by atoms with Crippen molar-refractivity contribution in [2.45, 2.75) is 25.6 Å². The Hall–Kier alpha value is -1.98. The summed E-state index contributed by atoms with van der Waals surface area (Å²) in [4.78, 5) is 10.8. The summed E-state index contributed by atoms with van der Waals surface area (Å²) in [5, 5.41) is 19.0. The maximum Gasteiger partial charge on any atom is 0.128 e. The Labute approximate surface area is 123 Å². The van der Waals surface area contributed by atoms with Gasteiger partial charge in [0.05, 0.1) is 17.9 Å². The summed E-state index contributed by atoms with van der Waals surface area (Å²) < 4.78 is 0. The molecule has 2 N–H and O–H groups in total. The molecule has 3 rings (SSSR count). The molecule has 0 amide bonds. The molecule has 3 heterocycles. The average Bonchev–Trinajstić information content (AvgIpc) is 2.94. The van der Waals surface area contributed by atoms with E-state index in [0.29, 0.717) is 12.2 Å². The van der Waals surface area contributed by atoms with Gasteiger partial charge in [-0.2, -0.15) is 0 Å². The molecule has 2 atom stereocenters. The van der Waals surface area contributed by atoms with Gasteiger partial charge in [-0.05, 0) is 31.5 Å². The second kappa shape index (κ2) is 5.79. The minimum absolute atomic E-state index is 0.247. The molecule has 5 nitrogen and oxygen atoms in total. The molecule has 2 aromatic rings. The van der Waals surface area contributed by atoms with Crippen LogP contribution in [0.3, 0.4) is 0 Å². The average molecular weight is 285 g/mol. The quantitative estimate of drug-likeness (QED) is 0.899. The number of hydrogen-bond donors (Lipinski definition) is 2. The van der Waals surface area contributed by atoms with E-state index < -0.39 is 6.10 Å². The highest BCUT2D eigenvalue weighted by Gasteiger charge is 2.21. The number of aliphatic hydroxyl groups is 2. The van der Waals surface area contributed by atoms with Gasteiger partial charge in [-0.15, -0.1) is 0 Å². The van der Waals surface area contributed by atoms with Crippen LogP contribution in [0.1, 0.15) is 25.1 Å². The SMILES string of the molecule is C[C@H](O)c1ccc(-c2ccc(N3CC[C@@H](O)C3)nc2)cn1. The first-order valence-electron chi connectivity index (χ1n) is 7.17. The van der Waals surface area contributed by atoms with Gasteiger partial charge in [0.25, 0.3) is 0 Å². The van der Waals surface area contributed by atoms with E-state index >= 15 is 0 Å². The minimum Gasteiger partial charge on any atom is -0.391 e. The smallest absolute Gasteiger partial charge is 0.128 e. The second-order valence-corrected chi connectivity index (χ2v) is 5.44. The Kier molecular flexibility index (Phi) is 3.86. The molecular weight excluding hydrogens is 266 g/mol. The van der Waals surface area contributed by atoms with Gasteiger partial charge in [-0.25, -0.2) is 4.98 Å². The van der Waals surface area contributed by atoms with E-state index in [2.05, 4.69) is 14.9 Å². The van der Waals surface area contributed by atoms with Gasteiger partial charge in [-0.1, -0.05) is 6.07 Å². The molecule has 0 bridgehead atoms. The summed E-state index contributed by atoms with van der Waals surface area (Å²) in [6.45, 7) is 3.19. The molecule has 0 aromatic carbocycles. The van der Waals surface area contributed by atoms with E-state index in [4.69, 9.17) is 0 Å². The third-order valence-electron chi connectivity index (χ3n) is 3.78. The van der Waals surface area contributed by atoms with E-state index in [1.807, 2.05) is 30.5 Å². The van der Waals surface area contributed by atoms with Crippen molar-refractivity contribution in [1.82, 2.24) is 9.97 Å². The van der Waals surface area contributed by atoms with Gasteiger partial charge in [0.1, 0.15) is 5.82 Å². The maximum absolute atomic E-state index is 9.57. The second-order valence-electron chi connectivity index (χ2n) is 5.44. The summed E-state index contributed by atoms with van der Waals surface area (Å²) in [5.41, 5.74) is 2.62. The Bertz CT molecular complexity index is 596. The molecule has 0 unspecified atom stereocenters. The van der Waals surface area contributed by atoms with Crippen molar-refractivity contribution in [2.75, 3.05) is 18.0 Å². The highest BCUT2D eigenvalue weighted by Crippen LogP contribution is 2.23. The Morgan fingerprint density at radius 3 is 2.33 bits per heavy atom. The van der Waals surface area contributed by atoms with E-state index in [0.717, 1.165) is 29.9 Å². The number of β-amino-alcohol motifs (C(OH)–C–C–N with tert-alkyl or cyclic N) is 1. The molecule has 1 saturated heterocycles. The van der Waals surface area contributed by atoms with Crippen molar-refractivity contribution >= 4 is 5.82 Å². The molecule has 1 fully saturated rings. The largest absolute Gasteiger partial charge is 0.391 e. The zero-order chi connectivity index (χ0) is 14.8. The molecule has 0 saturated carbocycles. The zero-order valence-electron chi connectivity index (χ0n) is 12.0. The van der Waals surface area contributed by atoms with Gasteiger partial charge in [0, 0.05) is 36.6 Å². The predicted molar refractivity (Wildman–Crippen MR) is 80.9 cm³/mol. The number of aromatic nitrogens is 2. The molecule has 2 aromatic heterocycles. The Balaban J connectivity index is 1.77. The Morgan fingerprint density at radius 1 is 1.14 bits per heavy atom. The Morgan fingerprint density at radius 2 is 1.86 bits per heavy atom. The van der Waals surface area contributed by atoms with Crippen molar-refractivity contribution in [3.05, 3.63) is 42.4 Å². The van der Waals surface area contributed by atoms with Crippen LogP contribution in [0, 0.1) is 0 Å². The molecule has 5 heteroatoms. The lowest BCUT2D eigenvalue weighted by Crippen LogP contribution is -2.21. The number of rotatable bonds is 3. The number of aliphatic hydroxyl groups excluding tert-OH is 2. The first-order chi connectivity index (χ1) is 10.1. The van der Waals surface area contributed by atoms with Gasteiger partial charge < -0.3 is 15.1 Å². The van der Waals surface area contributed by atoms with Crippen LogP contribution in [0.15, 0.2) is 36.7 Å². The highest BCUT2D eigenvalue weighted by atomic mass is 16.3. The number of pyridine rings is 2. The van der Waals surface area contributed by atoms with Crippen molar-refractivity contribution < 1.29 is 10.2 Å². The number of nitrogens with zero attached hydrogens (tertiary/aromatic N) is 3. The third kappa shape index (κ3) is 3.04. The fourth-order valence-electron chi connectivity index (χ4n) is 2.52. The van der Waals surface area contributed by atoms with Crippen LogP contribution in [-0.4, -0.2) is 39.4 Å². The van der Waals surface area contributed by atoms with Crippen molar-refractivity contribution in [3.8, 4) is 11.1 Å². The summed E-state index contributed by atoms with van der Waals surface area (Å²) >= 11 is 0. The molecule has 1 aliphatic heterocycles. The van der Waals surface area contributed by atoms with Crippen LogP contribution >= 0.6 is 0 Å². The van der Waals surface area contributed by atoms with E-state index in [9.17, 15) is 10.2 Å². The van der Waals surface area contributed by atoms with Crippen LogP contribution in [0.25, 0.3) is 11.1 Å². The first-order valence-corrected chi connectivity index (χ1v) is 7.17. The molecular formula is C16H19N3O2. The predicted octanol–water partition coefficient (Wildman–Crippen LogP) is 1.77. The van der Waals surface area contributed by atoms with Crippen LogP contribution in [-0.2, 0) is 0 Å². The van der Waals surface area contributed by atoms with Crippen LogP contribution < -0.4 is 4.90 Å². The normalized spacial score (nSPS) is 19.8. The molecule has 0 spiro atoms. The van der Waals surface area contributed by atoms with Crippen LogP contribution in [0.4, 0.5) is 5.82 Å². The molecule has 110 valence electrons. The summed E-state index contributed by atoms with van der Waals surface area (Å²) in [6.07, 6.45) is 3.57. The van der Waals surface area contributed by atoms with Crippen LogP contribution in [0.2, 0.25) is 0 Å². The topological polar surface area (TPSA) is 69.5 Å². The van der Waals surface area contributed by atoms with Crippen molar-refractivity contribution in [2.24, 2.45) is 0 Å². The standard InChI is InChI=1S/C16H19N3O2/c1-11(20)15-4-2-12(8-17-15)13-3-5-16(18-9-13)19-7-6-14(21)10-19/h2-5,8-9,11,14,20-21H,6-7,10H2,1H3/t11-,14+/m0/s1. The molecule has 0 radical (unpaired) electrons. The summed E-state index contributed by atoms with van der Waals surface area (Å²) in [5.74, 6) is 0.892. The van der Waals surface area contributed by atoms with Gasteiger partial charge >= 0.3 is 0 Å². The van der Waals surface area contributed by atoms with Gasteiger partial charge in [-0.3, -0.25) is 4.98 Å². The van der Waals surface area contributed by atoms with E-state index in [1.54, 1.807) is 13.1 Å². The lowest BCUT2D eigenvalue weighted by molar-refractivity contribution is 0.194. The molecule has 0 aliphatic carbocycles. The summed E-state index contributed by atoms with van der Waals surface area (Å²) in [6, 6.07) is 7.73.